The van der Waals surface area contributed by atoms with Crippen molar-refractivity contribution in [2.75, 3.05) is 11.4 Å². The summed E-state index contributed by atoms with van der Waals surface area (Å²) >= 11 is 0. The molecule has 2 aromatic carbocycles. The molecule has 2 aromatic rings. The summed E-state index contributed by atoms with van der Waals surface area (Å²) in [5, 5.41) is 2.99. The highest BCUT2D eigenvalue weighted by molar-refractivity contribution is 6.01. The highest BCUT2D eigenvalue weighted by Crippen LogP contribution is 2.35. The van der Waals surface area contributed by atoms with Crippen molar-refractivity contribution in [1.29, 1.82) is 0 Å². The number of anilines is 1. The summed E-state index contributed by atoms with van der Waals surface area (Å²) in [6.45, 7) is 9.37. The lowest BCUT2D eigenvalue weighted by molar-refractivity contribution is -0.126. The van der Waals surface area contributed by atoms with E-state index in [2.05, 4.69) is 38.2 Å². The lowest BCUT2D eigenvalue weighted by Gasteiger charge is -2.27. The van der Waals surface area contributed by atoms with Gasteiger partial charge in [0, 0.05) is 25.2 Å². The number of nitrogens with one attached hydrogen (secondary N) is 1. The average Bonchev–Trinajstić information content (AvgIpc) is 3.01. The van der Waals surface area contributed by atoms with Gasteiger partial charge in [-0.25, -0.2) is 0 Å². The van der Waals surface area contributed by atoms with Gasteiger partial charge in [-0.15, -0.1) is 0 Å². The summed E-state index contributed by atoms with van der Waals surface area (Å²) in [6.07, 6.45) is 0.262. The second-order valence-electron chi connectivity index (χ2n) is 8.38. The van der Waals surface area contributed by atoms with Gasteiger partial charge in [0.05, 0.1) is 5.92 Å². The highest BCUT2D eigenvalue weighted by Gasteiger charge is 2.36. The third-order valence-corrected chi connectivity index (χ3v) is 5.05. The molecule has 0 aliphatic carbocycles. The summed E-state index contributed by atoms with van der Waals surface area (Å²) in [6, 6.07) is 16.1. The minimum atomic E-state index is -0.310. The van der Waals surface area contributed by atoms with E-state index in [9.17, 15) is 9.59 Å². The van der Waals surface area contributed by atoms with E-state index >= 15 is 0 Å². The number of para-hydroxylation sites is 1. The highest BCUT2D eigenvalue weighted by atomic mass is 16.2. The van der Waals surface area contributed by atoms with Crippen molar-refractivity contribution >= 4 is 17.5 Å². The maximum atomic E-state index is 12.6. The van der Waals surface area contributed by atoms with Crippen molar-refractivity contribution in [3.8, 4) is 0 Å². The molecule has 1 heterocycles. The van der Waals surface area contributed by atoms with Gasteiger partial charge < -0.3 is 10.2 Å². The molecular formula is C23H28N2O2. The summed E-state index contributed by atoms with van der Waals surface area (Å²) in [7, 11) is 0. The molecule has 1 aliphatic rings. The largest absolute Gasteiger partial charge is 0.352 e. The Kier molecular flexibility index (Phi) is 5.36. The van der Waals surface area contributed by atoms with Crippen molar-refractivity contribution in [3.05, 3.63) is 65.2 Å². The maximum absolute atomic E-state index is 12.6. The molecule has 1 fully saturated rings. The van der Waals surface area contributed by atoms with Crippen LogP contribution in [0.3, 0.4) is 0 Å². The predicted molar refractivity (Wildman–Crippen MR) is 109 cm³/mol. The van der Waals surface area contributed by atoms with E-state index in [1.54, 1.807) is 4.90 Å². The van der Waals surface area contributed by atoms with Gasteiger partial charge in [-0.2, -0.15) is 0 Å². The number of hydrogen-bond acceptors (Lipinski definition) is 2. The number of amides is 2. The average molecular weight is 364 g/mol. The van der Waals surface area contributed by atoms with Gasteiger partial charge in [0.15, 0.2) is 0 Å². The van der Waals surface area contributed by atoms with Crippen LogP contribution in [0.25, 0.3) is 0 Å². The molecule has 1 saturated heterocycles. The molecule has 1 atom stereocenters. The van der Waals surface area contributed by atoms with Crippen LogP contribution in [0.5, 0.6) is 0 Å². The molecule has 1 aliphatic heterocycles. The van der Waals surface area contributed by atoms with Crippen LogP contribution in [-0.4, -0.2) is 18.4 Å². The molecule has 0 saturated carbocycles. The number of nitrogens with zero attached hydrogens (tertiary/aromatic N) is 1. The van der Waals surface area contributed by atoms with Gasteiger partial charge in [0.1, 0.15) is 0 Å². The Bertz CT molecular complexity index is 851. The Morgan fingerprint density at radius 2 is 1.89 bits per heavy atom. The van der Waals surface area contributed by atoms with Crippen LogP contribution in [0.4, 0.5) is 5.69 Å². The number of carbonyl (C=O) groups excluding carboxylic acids is 2. The molecule has 0 radical (unpaired) electrons. The minimum absolute atomic E-state index is 0.0161. The fourth-order valence-corrected chi connectivity index (χ4v) is 3.61. The smallest absolute Gasteiger partial charge is 0.227 e. The standard InChI is InChI=1S/C23H28N2O2/c1-16-8-7-9-17(12-16)14-24-22(27)18-13-21(26)25(15-18)20-11-6-5-10-19(20)23(2,3)4/h5-12,18H,13-15H2,1-4H3,(H,24,27). The van der Waals surface area contributed by atoms with Crippen LogP contribution in [0.2, 0.25) is 0 Å². The zero-order chi connectivity index (χ0) is 19.6. The quantitative estimate of drug-likeness (QED) is 0.893. The first-order valence-corrected chi connectivity index (χ1v) is 9.49. The van der Waals surface area contributed by atoms with Crippen LogP contribution in [0.15, 0.2) is 48.5 Å². The first kappa shape index (κ1) is 19.2. The molecule has 1 N–H and O–H groups in total. The van der Waals surface area contributed by atoms with E-state index < -0.39 is 0 Å². The Balaban J connectivity index is 1.70. The van der Waals surface area contributed by atoms with Gasteiger partial charge in [0.25, 0.3) is 0 Å². The molecule has 2 amide bonds. The number of aryl methyl sites for hydroxylation is 1. The van der Waals surface area contributed by atoms with Gasteiger partial charge in [-0.05, 0) is 29.5 Å². The molecule has 0 bridgehead atoms. The number of hydrogen-bond donors (Lipinski definition) is 1. The van der Waals surface area contributed by atoms with Crippen molar-refractivity contribution in [2.24, 2.45) is 5.92 Å². The van der Waals surface area contributed by atoms with E-state index in [1.807, 2.05) is 43.3 Å². The zero-order valence-electron chi connectivity index (χ0n) is 16.6. The van der Waals surface area contributed by atoms with Crippen molar-refractivity contribution in [3.63, 3.8) is 0 Å². The fraction of sp³-hybridized carbons (Fsp3) is 0.391. The monoisotopic (exact) mass is 364 g/mol. The molecule has 0 aromatic heterocycles. The minimum Gasteiger partial charge on any atom is -0.352 e. The summed E-state index contributed by atoms with van der Waals surface area (Å²) in [4.78, 5) is 27.0. The molecule has 4 nitrogen and oxygen atoms in total. The number of carbonyl (C=O) groups is 2. The zero-order valence-corrected chi connectivity index (χ0v) is 16.6. The number of rotatable bonds is 4. The predicted octanol–water partition coefficient (Wildman–Crippen LogP) is 3.96. The van der Waals surface area contributed by atoms with Crippen LogP contribution >= 0.6 is 0 Å². The van der Waals surface area contributed by atoms with Crippen LogP contribution in [0.1, 0.15) is 43.9 Å². The third kappa shape index (κ3) is 4.38. The molecule has 0 spiro atoms. The first-order valence-electron chi connectivity index (χ1n) is 9.49. The van der Waals surface area contributed by atoms with Gasteiger partial charge in [0.2, 0.25) is 11.8 Å². The van der Waals surface area contributed by atoms with E-state index in [0.29, 0.717) is 13.1 Å². The molecule has 1 unspecified atom stereocenters. The number of benzene rings is 2. The second kappa shape index (κ2) is 7.55. The topological polar surface area (TPSA) is 49.4 Å². The van der Waals surface area contributed by atoms with Crippen molar-refractivity contribution < 1.29 is 9.59 Å². The van der Waals surface area contributed by atoms with Crippen LogP contribution < -0.4 is 10.2 Å². The van der Waals surface area contributed by atoms with E-state index in [1.165, 1.54) is 5.56 Å². The van der Waals surface area contributed by atoms with Crippen molar-refractivity contribution in [2.45, 2.75) is 46.1 Å². The molecule has 3 rings (SSSR count). The van der Waals surface area contributed by atoms with Gasteiger partial charge >= 0.3 is 0 Å². The Labute approximate surface area is 161 Å². The SMILES string of the molecule is Cc1cccc(CNC(=O)C2CC(=O)N(c3ccccc3C(C)(C)C)C2)c1. The second-order valence-corrected chi connectivity index (χ2v) is 8.38. The molecular weight excluding hydrogens is 336 g/mol. The molecule has 27 heavy (non-hydrogen) atoms. The Morgan fingerprint density at radius 3 is 2.59 bits per heavy atom. The van der Waals surface area contributed by atoms with Crippen LogP contribution in [-0.2, 0) is 21.5 Å². The molecule has 142 valence electrons. The Hall–Kier alpha value is -2.62. The fourth-order valence-electron chi connectivity index (χ4n) is 3.61. The van der Waals surface area contributed by atoms with Gasteiger partial charge in [-0.3, -0.25) is 9.59 Å². The summed E-state index contributed by atoms with van der Waals surface area (Å²) < 4.78 is 0. The first-order chi connectivity index (χ1) is 12.8. The lowest BCUT2D eigenvalue weighted by Crippen LogP contribution is -2.33. The van der Waals surface area contributed by atoms with Crippen LogP contribution in [0, 0.1) is 12.8 Å². The van der Waals surface area contributed by atoms with E-state index in [-0.39, 0.29) is 29.6 Å². The third-order valence-electron chi connectivity index (χ3n) is 5.05. The summed E-state index contributed by atoms with van der Waals surface area (Å²) in [5.74, 6) is -0.349. The van der Waals surface area contributed by atoms with Crippen molar-refractivity contribution in [1.82, 2.24) is 5.32 Å². The summed E-state index contributed by atoms with van der Waals surface area (Å²) in [5.41, 5.74) is 4.22. The Morgan fingerprint density at radius 1 is 1.15 bits per heavy atom. The normalized spacial score (nSPS) is 17.3. The lowest BCUT2D eigenvalue weighted by atomic mass is 9.85. The molecule has 4 heteroatoms. The van der Waals surface area contributed by atoms with E-state index in [4.69, 9.17) is 0 Å². The van der Waals surface area contributed by atoms with E-state index in [0.717, 1.165) is 16.8 Å². The van der Waals surface area contributed by atoms with Gasteiger partial charge in [-0.1, -0.05) is 68.8 Å². The maximum Gasteiger partial charge on any atom is 0.227 e.